The number of aliphatic hydroxyl groups is 1. The second-order valence-electron chi connectivity index (χ2n) is 8.05. The highest BCUT2D eigenvalue weighted by atomic mass is 16.7. The summed E-state index contributed by atoms with van der Waals surface area (Å²) in [6, 6.07) is 14.3. The molecule has 0 bridgehead atoms. The van der Waals surface area contributed by atoms with Crippen molar-refractivity contribution in [2.24, 2.45) is 0 Å². The molecule has 1 atom stereocenters. The zero-order valence-corrected chi connectivity index (χ0v) is 18.1. The van der Waals surface area contributed by atoms with Crippen LogP contribution in [-0.2, 0) is 13.1 Å². The normalized spacial score (nSPS) is 13.8. The SMILES string of the molecule is Cc1ccccc1-n1nc(C)c(CN(Cc2ccc3c(c2)OCO3)C[C@@H](C)O)c1C. The van der Waals surface area contributed by atoms with Crippen LogP contribution in [-0.4, -0.2) is 39.2 Å². The first-order chi connectivity index (χ1) is 14.4. The maximum absolute atomic E-state index is 10.1. The van der Waals surface area contributed by atoms with E-state index in [9.17, 15) is 5.11 Å². The highest BCUT2D eigenvalue weighted by Crippen LogP contribution is 2.33. The molecular weight excluding hydrogens is 378 g/mol. The third-order valence-electron chi connectivity index (χ3n) is 5.53. The maximum Gasteiger partial charge on any atom is 0.231 e. The summed E-state index contributed by atoms with van der Waals surface area (Å²) in [5.74, 6) is 1.57. The van der Waals surface area contributed by atoms with E-state index in [-0.39, 0.29) is 6.79 Å². The lowest BCUT2D eigenvalue weighted by Crippen LogP contribution is -2.30. The van der Waals surface area contributed by atoms with Gasteiger partial charge in [0.25, 0.3) is 0 Å². The molecule has 1 N–H and O–H groups in total. The van der Waals surface area contributed by atoms with Crippen LogP contribution in [0.3, 0.4) is 0 Å². The highest BCUT2D eigenvalue weighted by Gasteiger charge is 2.20. The van der Waals surface area contributed by atoms with Crippen LogP contribution in [0.15, 0.2) is 42.5 Å². The second-order valence-corrected chi connectivity index (χ2v) is 8.05. The van der Waals surface area contributed by atoms with Crippen LogP contribution in [0.5, 0.6) is 11.5 Å². The summed E-state index contributed by atoms with van der Waals surface area (Å²) < 4.78 is 13.0. The maximum atomic E-state index is 10.1. The molecule has 30 heavy (non-hydrogen) atoms. The standard InChI is InChI=1S/C24H29N3O3/c1-16-7-5-6-8-22(16)27-19(4)21(18(3)25-27)14-26(12-17(2)28)13-20-9-10-23-24(11-20)30-15-29-23/h5-11,17,28H,12-15H2,1-4H3/t17-/m1/s1. The van der Waals surface area contributed by atoms with E-state index < -0.39 is 6.10 Å². The van der Waals surface area contributed by atoms with E-state index in [1.807, 2.05) is 35.9 Å². The molecule has 0 fully saturated rings. The van der Waals surface area contributed by atoms with Crippen molar-refractivity contribution in [1.29, 1.82) is 0 Å². The number of hydrogen-bond acceptors (Lipinski definition) is 5. The van der Waals surface area contributed by atoms with Crippen molar-refractivity contribution in [3.8, 4) is 17.2 Å². The number of aryl methyl sites for hydroxylation is 2. The van der Waals surface area contributed by atoms with E-state index in [4.69, 9.17) is 14.6 Å². The van der Waals surface area contributed by atoms with Gasteiger partial charge in [-0.3, -0.25) is 4.90 Å². The van der Waals surface area contributed by atoms with Crippen molar-refractivity contribution in [3.63, 3.8) is 0 Å². The van der Waals surface area contributed by atoms with E-state index in [0.29, 0.717) is 19.6 Å². The lowest BCUT2D eigenvalue weighted by molar-refractivity contribution is 0.118. The lowest BCUT2D eigenvalue weighted by Gasteiger charge is -2.24. The van der Waals surface area contributed by atoms with Gasteiger partial charge in [0.2, 0.25) is 6.79 Å². The van der Waals surface area contributed by atoms with E-state index in [1.54, 1.807) is 0 Å². The lowest BCUT2D eigenvalue weighted by atomic mass is 10.1. The minimum atomic E-state index is -0.425. The Morgan fingerprint density at radius 2 is 1.83 bits per heavy atom. The quantitative estimate of drug-likeness (QED) is 0.644. The zero-order chi connectivity index (χ0) is 21.3. The number of para-hydroxylation sites is 1. The Balaban J connectivity index is 1.60. The Hall–Kier alpha value is -2.83. The summed E-state index contributed by atoms with van der Waals surface area (Å²) in [4.78, 5) is 2.25. The van der Waals surface area contributed by atoms with Crippen molar-refractivity contribution in [3.05, 3.63) is 70.5 Å². The van der Waals surface area contributed by atoms with Crippen LogP contribution >= 0.6 is 0 Å². The number of aromatic nitrogens is 2. The number of hydrogen-bond donors (Lipinski definition) is 1. The molecular formula is C24H29N3O3. The predicted molar refractivity (Wildman–Crippen MR) is 116 cm³/mol. The van der Waals surface area contributed by atoms with Crippen LogP contribution in [0.1, 0.15) is 35.0 Å². The topological polar surface area (TPSA) is 59.8 Å². The van der Waals surface area contributed by atoms with Crippen molar-refractivity contribution in [2.75, 3.05) is 13.3 Å². The zero-order valence-electron chi connectivity index (χ0n) is 18.1. The molecule has 0 spiro atoms. The fourth-order valence-electron chi connectivity index (χ4n) is 4.02. The van der Waals surface area contributed by atoms with Crippen molar-refractivity contribution in [1.82, 2.24) is 14.7 Å². The number of rotatable bonds is 7. The van der Waals surface area contributed by atoms with Gasteiger partial charge in [0.1, 0.15) is 0 Å². The van der Waals surface area contributed by atoms with Gasteiger partial charge < -0.3 is 14.6 Å². The van der Waals surface area contributed by atoms with Gasteiger partial charge in [-0.1, -0.05) is 24.3 Å². The molecule has 0 aliphatic carbocycles. The minimum absolute atomic E-state index is 0.270. The third kappa shape index (κ3) is 4.20. The first-order valence-electron chi connectivity index (χ1n) is 10.3. The Morgan fingerprint density at radius 1 is 1.07 bits per heavy atom. The Labute approximate surface area is 177 Å². The number of benzene rings is 2. The molecule has 3 aromatic rings. The number of aliphatic hydroxyl groups excluding tert-OH is 1. The Morgan fingerprint density at radius 3 is 2.60 bits per heavy atom. The molecule has 1 aliphatic rings. The summed E-state index contributed by atoms with van der Waals surface area (Å²) in [6.07, 6.45) is -0.425. The van der Waals surface area contributed by atoms with Gasteiger partial charge in [-0.15, -0.1) is 0 Å². The van der Waals surface area contributed by atoms with Crippen LogP contribution in [0.2, 0.25) is 0 Å². The first-order valence-corrected chi connectivity index (χ1v) is 10.3. The van der Waals surface area contributed by atoms with E-state index in [2.05, 4.69) is 43.9 Å². The Bertz CT molecular complexity index is 1040. The van der Waals surface area contributed by atoms with Gasteiger partial charge in [-0.2, -0.15) is 5.10 Å². The number of nitrogens with zero attached hydrogens (tertiary/aromatic N) is 3. The van der Waals surface area contributed by atoms with Gasteiger partial charge in [0.05, 0.1) is 17.5 Å². The predicted octanol–water partition coefficient (Wildman–Crippen LogP) is 3.91. The first kappa shape index (κ1) is 20.4. The molecule has 2 heterocycles. The van der Waals surface area contributed by atoms with Crippen molar-refractivity contribution < 1.29 is 14.6 Å². The average molecular weight is 408 g/mol. The molecule has 0 amide bonds. The van der Waals surface area contributed by atoms with Crippen molar-refractivity contribution in [2.45, 2.75) is 46.9 Å². The molecule has 0 saturated heterocycles. The van der Waals surface area contributed by atoms with Crippen LogP contribution < -0.4 is 9.47 Å². The van der Waals surface area contributed by atoms with Gasteiger partial charge >= 0.3 is 0 Å². The summed E-state index contributed by atoms with van der Waals surface area (Å²) in [6.45, 7) is 10.4. The average Bonchev–Trinajstić information content (AvgIpc) is 3.27. The van der Waals surface area contributed by atoms with E-state index in [1.165, 1.54) is 11.1 Å². The van der Waals surface area contributed by atoms with Crippen LogP contribution in [0, 0.1) is 20.8 Å². The largest absolute Gasteiger partial charge is 0.454 e. The van der Waals surface area contributed by atoms with Gasteiger partial charge in [0.15, 0.2) is 11.5 Å². The molecule has 0 radical (unpaired) electrons. The van der Waals surface area contributed by atoms with Gasteiger partial charge in [0, 0.05) is 30.9 Å². The minimum Gasteiger partial charge on any atom is -0.454 e. The molecule has 1 aromatic heterocycles. The van der Waals surface area contributed by atoms with E-state index in [0.717, 1.165) is 34.1 Å². The second kappa shape index (κ2) is 8.50. The molecule has 0 saturated carbocycles. The highest BCUT2D eigenvalue weighted by molar-refractivity contribution is 5.45. The third-order valence-corrected chi connectivity index (χ3v) is 5.53. The molecule has 1 aliphatic heterocycles. The molecule has 158 valence electrons. The molecule has 6 heteroatoms. The molecule has 4 rings (SSSR count). The fraction of sp³-hybridized carbons (Fsp3) is 0.375. The van der Waals surface area contributed by atoms with Crippen LogP contribution in [0.4, 0.5) is 0 Å². The fourth-order valence-corrected chi connectivity index (χ4v) is 4.02. The monoisotopic (exact) mass is 407 g/mol. The molecule has 2 aromatic carbocycles. The number of fused-ring (bicyclic) bond motifs is 1. The summed E-state index contributed by atoms with van der Waals surface area (Å²) in [7, 11) is 0. The Kier molecular flexibility index (Phi) is 5.79. The number of ether oxygens (including phenoxy) is 2. The summed E-state index contributed by atoms with van der Waals surface area (Å²) >= 11 is 0. The summed E-state index contributed by atoms with van der Waals surface area (Å²) in [5, 5.41) is 14.9. The molecule has 6 nitrogen and oxygen atoms in total. The van der Waals surface area contributed by atoms with Crippen molar-refractivity contribution >= 4 is 0 Å². The van der Waals surface area contributed by atoms with Crippen LogP contribution in [0.25, 0.3) is 5.69 Å². The van der Waals surface area contributed by atoms with Gasteiger partial charge in [-0.05, 0) is 57.0 Å². The van der Waals surface area contributed by atoms with Gasteiger partial charge in [-0.25, -0.2) is 4.68 Å². The smallest absolute Gasteiger partial charge is 0.231 e. The summed E-state index contributed by atoms with van der Waals surface area (Å²) in [5.41, 5.74) is 6.75. The van der Waals surface area contributed by atoms with E-state index >= 15 is 0 Å². The molecule has 0 unspecified atom stereocenters.